The van der Waals surface area contributed by atoms with Crippen molar-refractivity contribution in [1.82, 2.24) is 10.2 Å². The lowest BCUT2D eigenvalue weighted by molar-refractivity contribution is -0.149. The van der Waals surface area contributed by atoms with Gasteiger partial charge in [0.1, 0.15) is 6.04 Å². The maximum absolute atomic E-state index is 11.9. The van der Waals surface area contributed by atoms with Gasteiger partial charge in [-0.25, -0.2) is 4.79 Å². The highest BCUT2D eigenvalue weighted by Crippen LogP contribution is 2.24. The SMILES string of the molecule is CC1CCN(C(=O)CNCC(F)(F)F)C1C(=O)O. The van der Waals surface area contributed by atoms with Crippen LogP contribution in [0.25, 0.3) is 0 Å². The summed E-state index contributed by atoms with van der Waals surface area (Å²) in [7, 11) is 0. The van der Waals surface area contributed by atoms with Crippen molar-refractivity contribution in [1.29, 1.82) is 0 Å². The van der Waals surface area contributed by atoms with Crippen molar-refractivity contribution in [3.8, 4) is 0 Å². The molecule has 0 saturated carbocycles. The third-order valence-electron chi connectivity index (χ3n) is 2.88. The minimum absolute atomic E-state index is 0.186. The number of likely N-dealkylation sites (tertiary alicyclic amines) is 1. The molecule has 1 aliphatic rings. The number of carboxylic acids is 1. The Balaban J connectivity index is 2.49. The van der Waals surface area contributed by atoms with Gasteiger partial charge in [0.2, 0.25) is 5.91 Å². The normalized spacial score (nSPS) is 24.3. The van der Waals surface area contributed by atoms with Gasteiger partial charge in [0.05, 0.1) is 13.1 Å². The fourth-order valence-electron chi connectivity index (χ4n) is 2.02. The molecule has 2 N–H and O–H groups in total. The number of carbonyl (C=O) groups excluding carboxylic acids is 1. The Bertz CT molecular complexity index is 333. The molecule has 8 heteroatoms. The molecular weight excluding hydrogens is 253 g/mol. The highest BCUT2D eigenvalue weighted by molar-refractivity contribution is 5.85. The zero-order valence-electron chi connectivity index (χ0n) is 9.83. The number of amides is 1. The van der Waals surface area contributed by atoms with Gasteiger partial charge in [-0.3, -0.25) is 4.79 Å². The van der Waals surface area contributed by atoms with Gasteiger partial charge in [-0.2, -0.15) is 13.2 Å². The summed E-state index contributed by atoms with van der Waals surface area (Å²) in [6, 6.07) is -0.940. The molecule has 0 aromatic carbocycles. The summed E-state index contributed by atoms with van der Waals surface area (Å²) in [5.74, 6) is -1.92. The van der Waals surface area contributed by atoms with E-state index in [1.54, 1.807) is 6.92 Å². The maximum atomic E-state index is 11.9. The Kier molecular flexibility index (Phi) is 4.55. The molecule has 0 radical (unpaired) electrons. The van der Waals surface area contributed by atoms with Crippen LogP contribution in [0.4, 0.5) is 13.2 Å². The van der Waals surface area contributed by atoms with Gasteiger partial charge in [-0.15, -0.1) is 0 Å². The standard InChI is InChI=1S/C10H15F3N2O3/c1-6-2-3-15(8(6)9(17)18)7(16)4-14-5-10(11,12)13/h6,8,14H,2-5H2,1H3,(H,17,18). The number of hydrogen-bond acceptors (Lipinski definition) is 3. The van der Waals surface area contributed by atoms with Crippen LogP contribution >= 0.6 is 0 Å². The third-order valence-corrected chi connectivity index (χ3v) is 2.88. The van der Waals surface area contributed by atoms with Crippen LogP contribution < -0.4 is 5.32 Å². The van der Waals surface area contributed by atoms with Crippen molar-refractivity contribution >= 4 is 11.9 Å². The van der Waals surface area contributed by atoms with Crippen LogP contribution in [-0.4, -0.2) is 53.7 Å². The van der Waals surface area contributed by atoms with Crippen molar-refractivity contribution in [3.05, 3.63) is 0 Å². The zero-order valence-corrected chi connectivity index (χ0v) is 9.83. The monoisotopic (exact) mass is 268 g/mol. The van der Waals surface area contributed by atoms with Crippen molar-refractivity contribution in [3.63, 3.8) is 0 Å². The van der Waals surface area contributed by atoms with Gasteiger partial charge in [-0.1, -0.05) is 6.92 Å². The summed E-state index contributed by atoms with van der Waals surface area (Å²) in [6.07, 6.45) is -3.84. The van der Waals surface area contributed by atoms with Crippen LogP contribution in [0.2, 0.25) is 0 Å². The Labute approximate surface area is 102 Å². The second kappa shape index (κ2) is 5.55. The van der Waals surface area contributed by atoms with Crippen molar-refractivity contribution in [2.75, 3.05) is 19.6 Å². The van der Waals surface area contributed by atoms with Crippen molar-refractivity contribution in [2.24, 2.45) is 5.92 Å². The smallest absolute Gasteiger partial charge is 0.401 e. The van der Waals surface area contributed by atoms with E-state index < -0.39 is 37.2 Å². The van der Waals surface area contributed by atoms with E-state index in [0.29, 0.717) is 6.42 Å². The number of hydrogen-bond donors (Lipinski definition) is 2. The number of aliphatic carboxylic acids is 1. The molecule has 2 unspecified atom stereocenters. The van der Waals surface area contributed by atoms with Crippen molar-refractivity contribution < 1.29 is 27.9 Å². The minimum Gasteiger partial charge on any atom is -0.480 e. The number of nitrogens with one attached hydrogen (secondary N) is 1. The summed E-state index contributed by atoms with van der Waals surface area (Å²) >= 11 is 0. The van der Waals surface area contributed by atoms with E-state index in [-0.39, 0.29) is 12.5 Å². The molecule has 1 aliphatic heterocycles. The summed E-state index contributed by atoms with van der Waals surface area (Å²) in [5, 5.41) is 10.9. The van der Waals surface area contributed by atoms with E-state index in [1.165, 1.54) is 0 Å². The molecule has 104 valence electrons. The highest BCUT2D eigenvalue weighted by Gasteiger charge is 2.39. The second-order valence-electron chi connectivity index (χ2n) is 4.35. The minimum atomic E-state index is -4.38. The highest BCUT2D eigenvalue weighted by atomic mass is 19.4. The first-order valence-corrected chi connectivity index (χ1v) is 5.52. The first-order chi connectivity index (χ1) is 8.22. The van der Waals surface area contributed by atoms with Gasteiger partial charge < -0.3 is 15.3 Å². The first-order valence-electron chi connectivity index (χ1n) is 5.52. The fourth-order valence-corrected chi connectivity index (χ4v) is 2.02. The number of carboxylic acid groups (broad SMARTS) is 1. The van der Waals surface area contributed by atoms with E-state index in [0.717, 1.165) is 4.90 Å². The van der Waals surface area contributed by atoms with E-state index in [9.17, 15) is 22.8 Å². The summed E-state index contributed by atoms with van der Waals surface area (Å²) in [6.45, 7) is 0.204. The molecule has 5 nitrogen and oxygen atoms in total. The largest absolute Gasteiger partial charge is 0.480 e. The lowest BCUT2D eigenvalue weighted by atomic mass is 10.0. The summed E-state index contributed by atoms with van der Waals surface area (Å²) in [5.41, 5.74) is 0. The molecular formula is C10H15F3N2O3. The predicted molar refractivity (Wildman–Crippen MR) is 55.8 cm³/mol. The number of alkyl halides is 3. The molecule has 1 amide bonds. The van der Waals surface area contributed by atoms with E-state index in [1.807, 2.05) is 5.32 Å². The molecule has 0 spiro atoms. The van der Waals surface area contributed by atoms with E-state index >= 15 is 0 Å². The molecule has 2 atom stereocenters. The fraction of sp³-hybridized carbons (Fsp3) is 0.800. The number of nitrogens with zero attached hydrogens (tertiary/aromatic N) is 1. The molecule has 0 aromatic rings. The van der Waals surface area contributed by atoms with Crippen molar-refractivity contribution in [2.45, 2.75) is 25.6 Å². The lowest BCUT2D eigenvalue weighted by Crippen LogP contribution is -2.47. The summed E-state index contributed by atoms with van der Waals surface area (Å²) < 4.78 is 35.6. The molecule has 0 aromatic heterocycles. The van der Waals surface area contributed by atoms with Gasteiger partial charge in [0.15, 0.2) is 0 Å². The van der Waals surface area contributed by atoms with Crippen LogP contribution in [0.5, 0.6) is 0 Å². The molecule has 1 saturated heterocycles. The number of halogens is 3. The first kappa shape index (κ1) is 14.7. The van der Waals surface area contributed by atoms with Crippen LogP contribution in [0.1, 0.15) is 13.3 Å². The molecule has 0 bridgehead atoms. The van der Waals surface area contributed by atoms with Crippen LogP contribution in [0.15, 0.2) is 0 Å². The Morgan fingerprint density at radius 3 is 2.56 bits per heavy atom. The predicted octanol–water partition coefficient (Wildman–Crippen LogP) is 0.460. The van der Waals surface area contributed by atoms with E-state index in [2.05, 4.69) is 0 Å². The Hall–Kier alpha value is -1.31. The zero-order chi connectivity index (χ0) is 13.9. The Morgan fingerprint density at radius 2 is 2.06 bits per heavy atom. The van der Waals surface area contributed by atoms with Crippen LogP contribution in [0.3, 0.4) is 0 Å². The Morgan fingerprint density at radius 1 is 1.44 bits per heavy atom. The van der Waals surface area contributed by atoms with Gasteiger partial charge in [0.25, 0.3) is 0 Å². The number of rotatable bonds is 4. The van der Waals surface area contributed by atoms with Gasteiger partial charge in [0, 0.05) is 6.54 Å². The lowest BCUT2D eigenvalue weighted by Gasteiger charge is -2.23. The molecule has 0 aliphatic carbocycles. The maximum Gasteiger partial charge on any atom is 0.401 e. The summed E-state index contributed by atoms with van der Waals surface area (Å²) in [4.78, 5) is 23.7. The van der Waals surface area contributed by atoms with Crippen LogP contribution in [-0.2, 0) is 9.59 Å². The number of carbonyl (C=O) groups is 2. The molecule has 1 rings (SSSR count). The average Bonchev–Trinajstić information content (AvgIpc) is 2.58. The second-order valence-corrected chi connectivity index (χ2v) is 4.35. The van der Waals surface area contributed by atoms with Crippen LogP contribution in [0, 0.1) is 5.92 Å². The van der Waals surface area contributed by atoms with Gasteiger partial charge in [-0.05, 0) is 12.3 Å². The molecule has 1 fully saturated rings. The molecule has 1 heterocycles. The third kappa shape index (κ3) is 3.86. The quantitative estimate of drug-likeness (QED) is 0.777. The average molecular weight is 268 g/mol. The molecule has 18 heavy (non-hydrogen) atoms. The van der Waals surface area contributed by atoms with E-state index in [4.69, 9.17) is 5.11 Å². The van der Waals surface area contributed by atoms with Gasteiger partial charge >= 0.3 is 12.1 Å². The topological polar surface area (TPSA) is 69.6 Å².